The quantitative estimate of drug-likeness (QED) is 0.900. The minimum absolute atomic E-state index is 0.577. The summed E-state index contributed by atoms with van der Waals surface area (Å²) in [5, 5.41) is 6.32. The summed E-state index contributed by atoms with van der Waals surface area (Å²) in [4.78, 5) is 8.85. The van der Waals surface area contributed by atoms with E-state index in [-0.39, 0.29) is 0 Å². The first kappa shape index (κ1) is 13.5. The fourth-order valence-electron chi connectivity index (χ4n) is 2.12. The first-order chi connectivity index (χ1) is 10.3. The highest BCUT2D eigenvalue weighted by Gasteiger charge is 2.12. The van der Waals surface area contributed by atoms with Gasteiger partial charge in [-0.1, -0.05) is 6.92 Å². The molecule has 6 heteroatoms. The van der Waals surface area contributed by atoms with Crippen LogP contribution in [0.4, 0.5) is 17.3 Å². The smallest absolute Gasteiger partial charge is 0.163 e. The molecule has 3 rings (SSSR count). The Labute approximate surface area is 123 Å². The van der Waals surface area contributed by atoms with Crippen molar-refractivity contribution in [3.8, 4) is 11.5 Å². The zero-order valence-corrected chi connectivity index (χ0v) is 12.1. The molecule has 1 aromatic carbocycles. The molecule has 1 aliphatic rings. The van der Waals surface area contributed by atoms with Crippen LogP contribution in [-0.2, 0) is 6.42 Å². The van der Waals surface area contributed by atoms with Crippen molar-refractivity contribution in [3.63, 3.8) is 0 Å². The number of aryl methyl sites for hydroxylation is 1. The van der Waals surface area contributed by atoms with Crippen LogP contribution >= 0.6 is 0 Å². The van der Waals surface area contributed by atoms with Gasteiger partial charge in [0.15, 0.2) is 11.5 Å². The van der Waals surface area contributed by atoms with E-state index < -0.39 is 0 Å². The zero-order chi connectivity index (χ0) is 14.7. The summed E-state index contributed by atoms with van der Waals surface area (Å²) in [6.45, 7) is 3.20. The molecule has 0 radical (unpaired) electrons. The van der Waals surface area contributed by atoms with E-state index in [1.54, 1.807) is 0 Å². The monoisotopic (exact) mass is 286 g/mol. The third-order valence-corrected chi connectivity index (χ3v) is 3.16. The van der Waals surface area contributed by atoms with E-state index in [1.165, 1.54) is 0 Å². The van der Waals surface area contributed by atoms with Gasteiger partial charge in [-0.3, -0.25) is 0 Å². The lowest BCUT2D eigenvalue weighted by Gasteiger charge is -2.19. The van der Waals surface area contributed by atoms with Gasteiger partial charge in [-0.25, -0.2) is 9.97 Å². The SMILES string of the molecule is CCc1nc(NC)cc(Nc2ccc3c(c2)OCCO3)n1. The lowest BCUT2D eigenvalue weighted by molar-refractivity contribution is 0.171. The highest BCUT2D eigenvalue weighted by atomic mass is 16.6. The highest BCUT2D eigenvalue weighted by molar-refractivity contribution is 5.63. The molecule has 0 aliphatic carbocycles. The number of ether oxygens (including phenoxy) is 2. The third-order valence-electron chi connectivity index (χ3n) is 3.16. The van der Waals surface area contributed by atoms with Gasteiger partial charge < -0.3 is 20.1 Å². The zero-order valence-electron chi connectivity index (χ0n) is 12.1. The van der Waals surface area contributed by atoms with Gasteiger partial charge in [0.25, 0.3) is 0 Å². The Kier molecular flexibility index (Phi) is 3.77. The van der Waals surface area contributed by atoms with Crippen LogP contribution in [0.1, 0.15) is 12.7 Å². The molecule has 0 saturated carbocycles. The van der Waals surface area contributed by atoms with Crippen molar-refractivity contribution in [1.82, 2.24) is 9.97 Å². The van der Waals surface area contributed by atoms with Crippen LogP contribution in [0.2, 0.25) is 0 Å². The number of fused-ring (bicyclic) bond motifs is 1. The van der Waals surface area contributed by atoms with Crippen molar-refractivity contribution in [2.45, 2.75) is 13.3 Å². The number of nitrogens with zero attached hydrogens (tertiary/aromatic N) is 2. The van der Waals surface area contributed by atoms with E-state index in [0.29, 0.717) is 13.2 Å². The molecule has 6 nitrogen and oxygen atoms in total. The Balaban J connectivity index is 1.86. The first-order valence-electron chi connectivity index (χ1n) is 7.01. The molecule has 0 bridgehead atoms. The van der Waals surface area contributed by atoms with Crippen LogP contribution in [-0.4, -0.2) is 30.2 Å². The summed E-state index contributed by atoms with van der Waals surface area (Å²) in [5.74, 6) is 3.87. The molecule has 0 saturated heterocycles. The lowest BCUT2D eigenvalue weighted by atomic mass is 10.2. The number of aromatic nitrogens is 2. The topological polar surface area (TPSA) is 68.3 Å². The summed E-state index contributed by atoms with van der Waals surface area (Å²) in [5.41, 5.74) is 0.905. The Morgan fingerprint density at radius 3 is 2.57 bits per heavy atom. The van der Waals surface area contributed by atoms with Gasteiger partial charge in [-0.2, -0.15) is 0 Å². The maximum Gasteiger partial charge on any atom is 0.163 e. The predicted molar refractivity (Wildman–Crippen MR) is 81.7 cm³/mol. The Morgan fingerprint density at radius 1 is 1.05 bits per heavy atom. The first-order valence-corrected chi connectivity index (χ1v) is 7.01. The van der Waals surface area contributed by atoms with Crippen molar-refractivity contribution >= 4 is 17.3 Å². The Morgan fingerprint density at radius 2 is 1.81 bits per heavy atom. The van der Waals surface area contributed by atoms with Gasteiger partial charge in [-0.05, 0) is 12.1 Å². The molecule has 0 spiro atoms. The highest BCUT2D eigenvalue weighted by Crippen LogP contribution is 2.33. The third kappa shape index (κ3) is 2.99. The van der Waals surface area contributed by atoms with Gasteiger partial charge in [0.1, 0.15) is 30.7 Å². The van der Waals surface area contributed by atoms with Crippen LogP contribution in [0.25, 0.3) is 0 Å². The number of nitrogens with one attached hydrogen (secondary N) is 2. The molecule has 1 aromatic heterocycles. The van der Waals surface area contributed by atoms with Gasteiger partial charge in [0.05, 0.1) is 0 Å². The minimum Gasteiger partial charge on any atom is -0.486 e. The number of hydrogen-bond donors (Lipinski definition) is 2. The summed E-state index contributed by atoms with van der Waals surface area (Å²) in [6.07, 6.45) is 0.783. The molecule has 2 N–H and O–H groups in total. The van der Waals surface area contributed by atoms with E-state index in [4.69, 9.17) is 9.47 Å². The lowest BCUT2D eigenvalue weighted by Crippen LogP contribution is -2.15. The summed E-state index contributed by atoms with van der Waals surface area (Å²) in [7, 11) is 1.84. The maximum atomic E-state index is 5.58. The molecule has 0 amide bonds. The maximum absolute atomic E-state index is 5.58. The summed E-state index contributed by atoms with van der Waals surface area (Å²) in [6, 6.07) is 7.63. The normalized spacial score (nSPS) is 12.9. The predicted octanol–water partition coefficient (Wildman–Crippen LogP) is 2.60. The number of rotatable bonds is 4. The second-order valence-electron chi connectivity index (χ2n) is 4.64. The number of hydrogen-bond acceptors (Lipinski definition) is 6. The van der Waals surface area contributed by atoms with Crippen LogP contribution in [0, 0.1) is 0 Å². The molecular weight excluding hydrogens is 268 g/mol. The fourth-order valence-corrected chi connectivity index (χ4v) is 2.12. The van der Waals surface area contributed by atoms with Gasteiger partial charge in [0, 0.05) is 31.3 Å². The average molecular weight is 286 g/mol. The van der Waals surface area contributed by atoms with Crippen molar-refractivity contribution < 1.29 is 9.47 Å². The Hall–Kier alpha value is -2.50. The Bertz CT molecular complexity index is 623. The molecule has 0 atom stereocenters. The van der Waals surface area contributed by atoms with Gasteiger partial charge in [-0.15, -0.1) is 0 Å². The molecule has 1 aliphatic heterocycles. The molecule has 110 valence electrons. The van der Waals surface area contributed by atoms with Gasteiger partial charge >= 0.3 is 0 Å². The average Bonchev–Trinajstić information content (AvgIpc) is 2.54. The molecule has 0 unspecified atom stereocenters. The van der Waals surface area contributed by atoms with Crippen molar-refractivity contribution in [3.05, 3.63) is 30.1 Å². The minimum atomic E-state index is 0.577. The van der Waals surface area contributed by atoms with Crippen LogP contribution < -0.4 is 20.1 Å². The van der Waals surface area contributed by atoms with E-state index >= 15 is 0 Å². The molecular formula is C15H18N4O2. The van der Waals surface area contributed by atoms with Crippen molar-refractivity contribution in [2.75, 3.05) is 30.9 Å². The molecule has 2 heterocycles. The molecule has 21 heavy (non-hydrogen) atoms. The summed E-state index contributed by atoms with van der Waals surface area (Å²) >= 11 is 0. The van der Waals surface area contributed by atoms with E-state index in [9.17, 15) is 0 Å². The van der Waals surface area contributed by atoms with Crippen molar-refractivity contribution in [1.29, 1.82) is 0 Å². The van der Waals surface area contributed by atoms with Crippen LogP contribution in [0.5, 0.6) is 11.5 Å². The van der Waals surface area contributed by atoms with Crippen molar-refractivity contribution in [2.24, 2.45) is 0 Å². The summed E-state index contributed by atoms with van der Waals surface area (Å²) < 4.78 is 11.1. The van der Waals surface area contributed by atoms with E-state index in [2.05, 4.69) is 20.6 Å². The van der Waals surface area contributed by atoms with E-state index in [0.717, 1.165) is 41.1 Å². The number of anilines is 3. The van der Waals surface area contributed by atoms with Crippen LogP contribution in [0.3, 0.4) is 0 Å². The second kappa shape index (κ2) is 5.87. The van der Waals surface area contributed by atoms with Crippen LogP contribution in [0.15, 0.2) is 24.3 Å². The van der Waals surface area contributed by atoms with E-state index in [1.807, 2.05) is 38.2 Å². The molecule has 2 aromatic rings. The standard InChI is InChI=1S/C15H18N4O2/c1-3-13-18-14(16-2)9-15(19-13)17-10-4-5-11-12(8-10)21-7-6-20-11/h4-5,8-9H,3,6-7H2,1-2H3,(H2,16,17,18,19). The fraction of sp³-hybridized carbons (Fsp3) is 0.333. The van der Waals surface area contributed by atoms with Gasteiger partial charge in [0.2, 0.25) is 0 Å². The molecule has 0 fully saturated rings. The number of benzene rings is 1. The second-order valence-corrected chi connectivity index (χ2v) is 4.64. The largest absolute Gasteiger partial charge is 0.486 e.